The molecule has 0 atom stereocenters. The summed E-state index contributed by atoms with van der Waals surface area (Å²) in [6.07, 6.45) is 2.35. The van der Waals surface area contributed by atoms with Gasteiger partial charge in [-0.3, -0.25) is 13.9 Å². The highest BCUT2D eigenvalue weighted by Gasteiger charge is 2.21. The Bertz CT molecular complexity index is 1350. The van der Waals surface area contributed by atoms with Crippen molar-refractivity contribution in [2.75, 3.05) is 23.7 Å². The molecule has 0 heterocycles. The highest BCUT2D eigenvalue weighted by Crippen LogP contribution is 2.26. The number of rotatable bonds is 11. The van der Waals surface area contributed by atoms with Crippen LogP contribution in [-0.2, 0) is 26.2 Å². The largest absolute Gasteiger partial charge is 0.484 e. The number of ether oxygens (including phenoxy) is 1. The average Bonchev–Trinajstić information content (AvgIpc) is 2.85. The molecule has 2 N–H and O–H groups in total. The molecule has 3 aromatic rings. The zero-order valence-corrected chi connectivity index (χ0v) is 22.1. The van der Waals surface area contributed by atoms with E-state index in [-0.39, 0.29) is 28.2 Å². The molecule has 0 saturated carbocycles. The van der Waals surface area contributed by atoms with Gasteiger partial charge in [0.1, 0.15) is 12.3 Å². The number of sulfonamides is 1. The van der Waals surface area contributed by atoms with Gasteiger partial charge in [-0.2, -0.15) is 5.10 Å². The minimum absolute atomic E-state index is 0.134. The van der Waals surface area contributed by atoms with Crippen LogP contribution >= 0.6 is 23.2 Å². The van der Waals surface area contributed by atoms with Crippen molar-refractivity contribution in [2.24, 2.45) is 5.10 Å². The van der Waals surface area contributed by atoms with E-state index in [1.807, 2.05) is 30.3 Å². The van der Waals surface area contributed by atoms with Crippen molar-refractivity contribution in [3.05, 3.63) is 94.0 Å². The number of carbonyl (C=O) groups excluding carboxylic acids is 2. The van der Waals surface area contributed by atoms with Gasteiger partial charge in [0.05, 0.1) is 18.2 Å². The van der Waals surface area contributed by atoms with Crippen LogP contribution in [0, 0.1) is 0 Å². The van der Waals surface area contributed by atoms with Gasteiger partial charge in [-0.15, -0.1) is 0 Å². The van der Waals surface area contributed by atoms with Crippen LogP contribution in [0.5, 0.6) is 5.75 Å². The van der Waals surface area contributed by atoms with Crippen molar-refractivity contribution in [3.63, 3.8) is 0 Å². The Morgan fingerprint density at radius 2 is 1.62 bits per heavy atom. The molecule has 0 saturated heterocycles. The number of hydrogen-bond acceptors (Lipinski definition) is 6. The van der Waals surface area contributed by atoms with Gasteiger partial charge < -0.3 is 10.1 Å². The quantitative estimate of drug-likeness (QED) is 0.273. The molecule has 3 rings (SSSR count). The summed E-state index contributed by atoms with van der Waals surface area (Å²) in [5.41, 5.74) is 4.08. The molecule has 194 valence electrons. The Balaban J connectivity index is 1.48. The minimum atomic E-state index is -3.80. The van der Waals surface area contributed by atoms with Crippen LogP contribution in [0.1, 0.15) is 11.1 Å². The SMILES string of the molecule is CS(=O)(=O)N(CC(=O)N/N=C\c1ccc(OCC(=O)NCc2ccccc2)cc1)c1cc(Cl)cc(Cl)c1. The number of hydrazone groups is 1. The van der Waals surface area contributed by atoms with Crippen LogP contribution < -0.4 is 19.8 Å². The van der Waals surface area contributed by atoms with Gasteiger partial charge in [-0.25, -0.2) is 13.8 Å². The lowest BCUT2D eigenvalue weighted by molar-refractivity contribution is -0.123. The van der Waals surface area contributed by atoms with Crippen LogP contribution in [0.15, 0.2) is 77.9 Å². The maximum Gasteiger partial charge on any atom is 0.260 e. The number of amides is 2. The topological polar surface area (TPSA) is 117 Å². The molecule has 0 aliphatic carbocycles. The number of benzene rings is 3. The highest BCUT2D eigenvalue weighted by molar-refractivity contribution is 7.92. The van der Waals surface area contributed by atoms with Gasteiger partial charge in [0.15, 0.2) is 6.61 Å². The number of halogens is 2. The van der Waals surface area contributed by atoms with Crippen molar-refractivity contribution >= 4 is 56.9 Å². The highest BCUT2D eigenvalue weighted by atomic mass is 35.5. The maximum atomic E-state index is 12.3. The lowest BCUT2D eigenvalue weighted by atomic mass is 10.2. The third kappa shape index (κ3) is 9.41. The lowest BCUT2D eigenvalue weighted by Crippen LogP contribution is -2.39. The lowest BCUT2D eigenvalue weighted by Gasteiger charge is -2.21. The summed E-state index contributed by atoms with van der Waals surface area (Å²) in [6, 6.07) is 20.4. The summed E-state index contributed by atoms with van der Waals surface area (Å²) in [6.45, 7) is -0.240. The Hall–Kier alpha value is -3.60. The van der Waals surface area contributed by atoms with Crippen molar-refractivity contribution in [3.8, 4) is 5.75 Å². The van der Waals surface area contributed by atoms with Gasteiger partial charge in [0, 0.05) is 16.6 Å². The molecular formula is C25H24Cl2N4O5S. The summed E-state index contributed by atoms with van der Waals surface area (Å²) in [4.78, 5) is 24.3. The zero-order chi connectivity index (χ0) is 26.8. The van der Waals surface area contributed by atoms with Crippen molar-refractivity contribution in [2.45, 2.75) is 6.54 Å². The Morgan fingerprint density at radius 3 is 2.24 bits per heavy atom. The van der Waals surface area contributed by atoms with E-state index in [1.165, 1.54) is 24.4 Å². The van der Waals surface area contributed by atoms with Crippen molar-refractivity contribution in [1.29, 1.82) is 0 Å². The number of anilines is 1. The first-order valence-corrected chi connectivity index (χ1v) is 13.5. The van der Waals surface area contributed by atoms with E-state index in [0.29, 0.717) is 17.9 Å². The zero-order valence-electron chi connectivity index (χ0n) is 19.7. The predicted molar refractivity (Wildman–Crippen MR) is 145 cm³/mol. The Morgan fingerprint density at radius 1 is 0.973 bits per heavy atom. The van der Waals surface area contributed by atoms with E-state index in [0.717, 1.165) is 16.1 Å². The van der Waals surface area contributed by atoms with Crippen LogP contribution in [-0.4, -0.2) is 45.9 Å². The molecule has 0 fully saturated rings. The van der Waals surface area contributed by atoms with E-state index in [9.17, 15) is 18.0 Å². The molecule has 12 heteroatoms. The van der Waals surface area contributed by atoms with Gasteiger partial charge in [-0.1, -0.05) is 53.5 Å². The fourth-order valence-electron chi connectivity index (χ4n) is 3.07. The molecule has 0 spiro atoms. The summed E-state index contributed by atoms with van der Waals surface area (Å²) in [5.74, 6) is -0.431. The second-order valence-corrected chi connectivity index (χ2v) is 10.6. The Labute approximate surface area is 225 Å². The summed E-state index contributed by atoms with van der Waals surface area (Å²) >= 11 is 11.9. The molecule has 2 amide bonds. The summed E-state index contributed by atoms with van der Waals surface area (Å²) < 4.78 is 30.8. The van der Waals surface area contributed by atoms with E-state index in [2.05, 4.69) is 15.8 Å². The molecule has 9 nitrogen and oxygen atoms in total. The fraction of sp³-hybridized carbons (Fsp3) is 0.160. The second-order valence-electron chi connectivity index (χ2n) is 7.81. The molecule has 0 aliphatic rings. The third-order valence-electron chi connectivity index (χ3n) is 4.81. The van der Waals surface area contributed by atoms with E-state index >= 15 is 0 Å². The van der Waals surface area contributed by atoms with Crippen LogP contribution in [0.2, 0.25) is 10.0 Å². The number of hydrogen-bond donors (Lipinski definition) is 2. The van der Waals surface area contributed by atoms with Gasteiger partial charge in [0.25, 0.3) is 11.8 Å². The van der Waals surface area contributed by atoms with E-state index in [4.69, 9.17) is 27.9 Å². The molecular weight excluding hydrogens is 539 g/mol. The molecule has 3 aromatic carbocycles. The van der Waals surface area contributed by atoms with Crippen LogP contribution in [0.3, 0.4) is 0 Å². The van der Waals surface area contributed by atoms with Crippen molar-refractivity contribution in [1.82, 2.24) is 10.7 Å². The van der Waals surface area contributed by atoms with Crippen LogP contribution in [0.25, 0.3) is 0 Å². The minimum Gasteiger partial charge on any atom is -0.484 e. The van der Waals surface area contributed by atoms with E-state index < -0.39 is 22.5 Å². The van der Waals surface area contributed by atoms with Crippen molar-refractivity contribution < 1.29 is 22.7 Å². The summed E-state index contributed by atoms with van der Waals surface area (Å²) in [5, 5.41) is 7.10. The molecule has 0 aromatic heterocycles. The van der Waals surface area contributed by atoms with Gasteiger partial charge in [0.2, 0.25) is 10.0 Å². The number of carbonyl (C=O) groups is 2. The molecule has 37 heavy (non-hydrogen) atoms. The number of nitrogens with one attached hydrogen (secondary N) is 2. The maximum absolute atomic E-state index is 12.3. The fourth-order valence-corrected chi connectivity index (χ4v) is 4.43. The van der Waals surface area contributed by atoms with Gasteiger partial charge >= 0.3 is 0 Å². The monoisotopic (exact) mass is 562 g/mol. The average molecular weight is 563 g/mol. The molecule has 0 aliphatic heterocycles. The van der Waals surface area contributed by atoms with E-state index in [1.54, 1.807) is 24.3 Å². The standard InChI is InChI=1S/C25H24Cl2N4O5S/c1-37(34,35)31(22-12-20(26)11-21(27)13-22)16-24(32)30-29-15-19-7-9-23(10-8-19)36-17-25(33)28-14-18-5-3-2-4-6-18/h2-13,15H,14,16-17H2,1H3,(H,28,33)(H,30,32)/b29-15-. The normalized spacial score (nSPS) is 11.2. The molecule has 0 radical (unpaired) electrons. The Kier molecular flexibility index (Phi) is 9.90. The van der Waals surface area contributed by atoms with Crippen LogP contribution in [0.4, 0.5) is 5.69 Å². The molecule has 0 unspecified atom stereocenters. The van der Waals surface area contributed by atoms with Gasteiger partial charge in [-0.05, 0) is 53.6 Å². The molecule has 0 bridgehead atoms. The first kappa shape index (κ1) is 28.0. The first-order chi connectivity index (χ1) is 17.6. The summed E-state index contributed by atoms with van der Waals surface area (Å²) in [7, 11) is -3.80. The number of nitrogens with zero attached hydrogens (tertiary/aromatic N) is 2. The second kappa shape index (κ2) is 13.1. The smallest absolute Gasteiger partial charge is 0.260 e. The predicted octanol–water partition coefficient (Wildman–Crippen LogP) is 3.60. The first-order valence-electron chi connectivity index (χ1n) is 10.9. The third-order valence-corrected chi connectivity index (χ3v) is 6.39.